The van der Waals surface area contributed by atoms with Crippen molar-refractivity contribution in [2.24, 2.45) is 0 Å². The third kappa shape index (κ3) is 2.65. The third-order valence-corrected chi connectivity index (χ3v) is 5.68. The average molecular weight is 390 g/mol. The number of fused-ring (bicyclic) bond motifs is 3. The van der Waals surface area contributed by atoms with Crippen LogP contribution in [0.25, 0.3) is 5.57 Å². The fraction of sp³-hybridized carbons (Fsp3) is 0.250. The smallest absolute Gasteiger partial charge is 0.221 e. The maximum Gasteiger partial charge on any atom is 0.221 e. The van der Waals surface area contributed by atoms with Crippen molar-refractivity contribution < 1.29 is 14.3 Å². The van der Waals surface area contributed by atoms with Gasteiger partial charge < -0.3 is 14.8 Å². The van der Waals surface area contributed by atoms with Crippen LogP contribution >= 0.6 is 23.2 Å². The van der Waals surface area contributed by atoms with Gasteiger partial charge in [0, 0.05) is 6.42 Å². The summed E-state index contributed by atoms with van der Waals surface area (Å²) in [5.74, 6) is 1.34. The third-order valence-electron chi connectivity index (χ3n) is 4.94. The Kier molecular flexibility index (Phi) is 4.33. The zero-order valence-corrected chi connectivity index (χ0v) is 15.9. The van der Waals surface area contributed by atoms with Crippen LogP contribution in [0.1, 0.15) is 35.6 Å². The SMILES string of the molecule is COc1cc2c(cc1OC)C1NC(=O)CCC1=C2c1ccc(Cl)c(Cl)c1. The van der Waals surface area contributed by atoms with Crippen molar-refractivity contribution in [1.29, 1.82) is 0 Å². The number of amides is 1. The molecule has 0 radical (unpaired) electrons. The summed E-state index contributed by atoms with van der Waals surface area (Å²) in [6.07, 6.45) is 1.17. The molecule has 0 bridgehead atoms. The second-order valence-corrected chi connectivity index (χ2v) is 7.14. The lowest BCUT2D eigenvalue weighted by molar-refractivity contribution is -0.122. The van der Waals surface area contributed by atoms with Crippen LogP contribution in [0.4, 0.5) is 0 Å². The molecule has 4 rings (SSSR count). The predicted molar refractivity (Wildman–Crippen MR) is 102 cm³/mol. The van der Waals surface area contributed by atoms with Crippen molar-refractivity contribution in [2.75, 3.05) is 14.2 Å². The van der Waals surface area contributed by atoms with Gasteiger partial charge in [0.25, 0.3) is 0 Å². The van der Waals surface area contributed by atoms with E-state index in [0.29, 0.717) is 34.4 Å². The van der Waals surface area contributed by atoms with E-state index < -0.39 is 0 Å². The first-order valence-corrected chi connectivity index (χ1v) is 9.03. The van der Waals surface area contributed by atoms with Crippen LogP contribution in [0.15, 0.2) is 35.9 Å². The summed E-state index contributed by atoms with van der Waals surface area (Å²) in [7, 11) is 3.22. The van der Waals surface area contributed by atoms with E-state index in [9.17, 15) is 4.79 Å². The Morgan fingerprint density at radius 1 is 1.00 bits per heavy atom. The standard InChI is InChI=1S/C20H17Cl2NO3/c1-25-16-8-12-13(9-17(16)26-2)20-11(4-6-18(24)23-20)19(12)10-3-5-14(21)15(22)7-10/h3,5,7-9,20H,4,6H2,1-2H3,(H,23,24). The highest BCUT2D eigenvalue weighted by atomic mass is 35.5. The highest BCUT2D eigenvalue weighted by Gasteiger charge is 2.37. The molecule has 1 saturated heterocycles. The van der Waals surface area contributed by atoms with Crippen LogP contribution in [-0.4, -0.2) is 20.1 Å². The van der Waals surface area contributed by atoms with Gasteiger partial charge in [-0.05, 0) is 58.5 Å². The summed E-state index contributed by atoms with van der Waals surface area (Å²) >= 11 is 12.3. The molecule has 2 aromatic carbocycles. The molecule has 0 aromatic heterocycles. The second kappa shape index (κ2) is 6.53. The van der Waals surface area contributed by atoms with Crippen LogP contribution in [0, 0.1) is 0 Å². The van der Waals surface area contributed by atoms with E-state index in [-0.39, 0.29) is 11.9 Å². The maximum absolute atomic E-state index is 12.0. The van der Waals surface area contributed by atoms with Gasteiger partial charge in [0.05, 0.1) is 30.3 Å². The zero-order valence-electron chi connectivity index (χ0n) is 14.4. The summed E-state index contributed by atoms with van der Waals surface area (Å²) in [6, 6.07) is 9.36. The Balaban J connectivity index is 1.96. The molecule has 1 aliphatic carbocycles. The van der Waals surface area contributed by atoms with E-state index >= 15 is 0 Å². The predicted octanol–water partition coefficient (Wildman–Crippen LogP) is 4.78. The molecule has 2 aliphatic rings. The van der Waals surface area contributed by atoms with E-state index in [4.69, 9.17) is 32.7 Å². The van der Waals surface area contributed by atoms with Gasteiger partial charge in [-0.25, -0.2) is 0 Å². The van der Waals surface area contributed by atoms with Gasteiger partial charge in [0.1, 0.15) is 0 Å². The molecule has 1 N–H and O–H groups in total. The number of nitrogens with one attached hydrogen (secondary N) is 1. The number of methoxy groups -OCH3 is 2. The van der Waals surface area contributed by atoms with Crippen molar-refractivity contribution in [3.63, 3.8) is 0 Å². The zero-order chi connectivity index (χ0) is 18.4. The monoisotopic (exact) mass is 389 g/mol. The van der Waals surface area contributed by atoms with Crippen LogP contribution in [0.3, 0.4) is 0 Å². The molecule has 0 saturated carbocycles. The van der Waals surface area contributed by atoms with Crippen molar-refractivity contribution >= 4 is 34.7 Å². The molecule has 1 atom stereocenters. The number of hydrogen-bond acceptors (Lipinski definition) is 3. The molecule has 1 amide bonds. The van der Waals surface area contributed by atoms with Crippen molar-refractivity contribution in [3.05, 3.63) is 62.6 Å². The number of rotatable bonds is 3. The molecule has 6 heteroatoms. The van der Waals surface area contributed by atoms with Gasteiger partial charge in [-0.1, -0.05) is 29.3 Å². The highest BCUT2D eigenvalue weighted by molar-refractivity contribution is 6.42. The largest absolute Gasteiger partial charge is 0.493 e. The molecule has 134 valence electrons. The van der Waals surface area contributed by atoms with Gasteiger partial charge in [-0.3, -0.25) is 4.79 Å². The number of carbonyl (C=O) groups excluding carboxylic acids is 1. The van der Waals surface area contributed by atoms with Crippen LogP contribution in [-0.2, 0) is 4.79 Å². The summed E-state index contributed by atoms with van der Waals surface area (Å²) in [5, 5.41) is 4.11. The maximum atomic E-state index is 12.0. The van der Waals surface area contributed by atoms with Gasteiger partial charge in [0.2, 0.25) is 5.91 Å². The Morgan fingerprint density at radius 3 is 2.42 bits per heavy atom. The lowest BCUT2D eigenvalue weighted by atomic mass is 9.93. The van der Waals surface area contributed by atoms with E-state index in [1.807, 2.05) is 24.3 Å². The van der Waals surface area contributed by atoms with Gasteiger partial charge in [0.15, 0.2) is 11.5 Å². The molecule has 1 unspecified atom stereocenters. The molecular formula is C20H17Cl2NO3. The van der Waals surface area contributed by atoms with Gasteiger partial charge in [-0.15, -0.1) is 0 Å². The van der Waals surface area contributed by atoms with Crippen molar-refractivity contribution in [2.45, 2.75) is 18.9 Å². The lowest BCUT2D eigenvalue weighted by Gasteiger charge is -2.24. The number of hydrogen-bond donors (Lipinski definition) is 1. The first kappa shape index (κ1) is 17.3. The number of ether oxygens (including phenoxy) is 2. The van der Waals surface area contributed by atoms with Gasteiger partial charge >= 0.3 is 0 Å². The number of benzene rings is 2. The van der Waals surface area contributed by atoms with Crippen LogP contribution in [0.2, 0.25) is 10.0 Å². The Hall–Kier alpha value is -2.17. The van der Waals surface area contributed by atoms with Crippen molar-refractivity contribution in [1.82, 2.24) is 5.32 Å². The molecule has 1 aliphatic heterocycles. The quantitative estimate of drug-likeness (QED) is 0.821. The fourth-order valence-electron chi connectivity index (χ4n) is 3.76. The number of carbonyl (C=O) groups is 1. The summed E-state index contributed by atoms with van der Waals surface area (Å²) in [4.78, 5) is 12.0. The Bertz CT molecular complexity index is 952. The first-order valence-electron chi connectivity index (χ1n) is 8.27. The summed E-state index contributed by atoms with van der Waals surface area (Å²) in [6.45, 7) is 0. The molecule has 26 heavy (non-hydrogen) atoms. The summed E-state index contributed by atoms with van der Waals surface area (Å²) in [5.41, 5.74) is 5.24. The van der Waals surface area contributed by atoms with E-state index in [1.165, 1.54) is 5.57 Å². The fourth-order valence-corrected chi connectivity index (χ4v) is 4.06. The molecule has 1 heterocycles. The summed E-state index contributed by atoms with van der Waals surface area (Å²) < 4.78 is 10.9. The topological polar surface area (TPSA) is 47.6 Å². The second-order valence-electron chi connectivity index (χ2n) is 6.32. The Labute approximate surface area is 161 Å². The normalized spacial score (nSPS) is 18.3. The van der Waals surface area contributed by atoms with E-state index in [1.54, 1.807) is 20.3 Å². The number of piperidine rings is 1. The van der Waals surface area contributed by atoms with E-state index in [0.717, 1.165) is 22.3 Å². The Morgan fingerprint density at radius 2 is 1.73 bits per heavy atom. The lowest BCUT2D eigenvalue weighted by Crippen LogP contribution is -2.32. The highest BCUT2D eigenvalue weighted by Crippen LogP contribution is 2.50. The minimum absolute atomic E-state index is 0.0508. The molecule has 1 fully saturated rings. The number of halogens is 2. The average Bonchev–Trinajstić information content (AvgIpc) is 2.95. The molecule has 2 aromatic rings. The minimum atomic E-state index is -0.157. The van der Waals surface area contributed by atoms with E-state index in [2.05, 4.69) is 5.32 Å². The minimum Gasteiger partial charge on any atom is -0.493 e. The van der Waals surface area contributed by atoms with Crippen LogP contribution in [0.5, 0.6) is 11.5 Å². The molecule has 4 nitrogen and oxygen atoms in total. The molecular weight excluding hydrogens is 373 g/mol. The first-order chi connectivity index (χ1) is 12.5. The molecule has 0 spiro atoms. The van der Waals surface area contributed by atoms with Crippen molar-refractivity contribution in [3.8, 4) is 11.5 Å². The van der Waals surface area contributed by atoms with Gasteiger partial charge in [-0.2, -0.15) is 0 Å². The van der Waals surface area contributed by atoms with Crippen LogP contribution < -0.4 is 14.8 Å².